The molecule has 2 atom stereocenters. The molecule has 23 heavy (non-hydrogen) atoms. The van der Waals surface area contributed by atoms with Crippen LogP contribution in [-0.4, -0.2) is 44.4 Å². The molecule has 2 aromatic rings. The average Bonchev–Trinajstić information content (AvgIpc) is 3.21. The number of carboxylic acids is 1. The van der Waals surface area contributed by atoms with Gasteiger partial charge in [0, 0.05) is 13.1 Å². The van der Waals surface area contributed by atoms with E-state index >= 15 is 0 Å². The molecule has 4 rings (SSSR count). The Bertz CT molecular complexity index is 741. The van der Waals surface area contributed by atoms with Gasteiger partial charge in [-0.1, -0.05) is 29.2 Å². The number of rotatable bonds is 3. The summed E-state index contributed by atoms with van der Waals surface area (Å²) >= 11 is 0. The van der Waals surface area contributed by atoms with Crippen molar-refractivity contribution >= 4 is 11.9 Å². The van der Waals surface area contributed by atoms with Crippen LogP contribution in [0.4, 0.5) is 5.95 Å². The first-order valence-corrected chi connectivity index (χ1v) is 7.94. The molecule has 1 aromatic heterocycles. The van der Waals surface area contributed by atoms with Gasteiger partial charge in [-0.05, 0) is 48.2 Å². The fourth-order valence-electron chi connectivity index (χ4n) is 4.02. The van der Waals surface area contributed by atoms with E-state index < -0.39 is 11.4 Å². The lowest BCUT2D eigenvalue weighted by molar-refractivity contribution is -0.149. The molecule has 1 saturated heterocycles. The first-order chi connectivity index (χ1) is 11.1. The van der Waals surface area contributed by atoms with E-state index in [0.717, 1.165) is 24.9 Å². The zero-order valence-electron chi connectivity index (χ0n) is 13.0. The summed E-state index contributed by atoms with van der Waals surface area (Å²) in [7, 11) is 0. The third-order valence-corrected chi connectivity index (χ3v) is 5.31. The number of benzene rings is 1. The highest BCUT2D eigenvalue weighted by atomic mass is 16.4. The maximum Gasteiger partial charge on any atom is 0.311 e. The highest BCUT2D eigenvalue weighted by Gasteiger charge is 2.55. The van der Waals surface area contributed by atoms with Crippen LogP contribution in [0.15, 0.2) is 24.3 Å². The monoisotopic (exact) mass is 313 g/mol. The van der Waals surface area contributed by atoms with Crippen LogP contribution >= 0.6 is 0 Å². The molecule has 7 heteroatoms. The van der Waals surface area contributed by atoms with Crippen LogP contribution in [0.25, 0.3) is 5.69 Å². The summed E-state index contributed by atoms with van der Waals surface area (Å²) in [5, 5.41) is 21.8. The maximum atomic E-state index is 11.8. The Morgan fingerprint density at radius 1 is 1.35 bits per heavy atom. The Balaban J connectivity index is 1.67. The summed E-state index contributed by atoms with van der Waals surface area (Å²) in [6, 6.07) is 7.97. The number of carboxylic acid groups (broad SMARTS) is 1. The van der Waals surface area contributed by atoms with Gasteiger partial charge in [-0.15, -0.1) is 0 Å². The fourth-order valence-corrected chi connectivity index (χ4v) is 4.02. The van der Waals surface area contributed by atoms with E-state index in [1.807, 2.05) is 36.1 Å². The topological polar surface area (TPSA) is 84.1 Å². The minimum Gasteiger partial charge on any atom is -0.481 e. The SMILES string of the molecule is Cc1ccc(-n2nnnc2N2C[C@@H]3CCC[C@@]3(C(=O)O)C2)cc1. The Hall–Kier alpha value is -2.44. The molecular weight excluding hydrogens is 294 g/mol. The van der Waals surface area contributed by atoms with Crippen molar-refractivity contribution < 1.29 is 9.90 Å². The number of fused-ring (bicyclic) bond motifs is 1. The van der Waals surface area contributed by atoms with Gasteiger partial charge in [0.15, 0.2) is 0 Å². The number of hydrogen-bond donors (Lipinski definition) is 1. The zero-order valence-corrected chi connectivity index (χ0v) is 13.0. The molecule has 1 aliphatic carbocycles. The standard InChI is InChI=1S/C16H19N5O2/c1-11-4-6-13(7-5-11)21-15(17-18-19-21)20-9-12-3-2-8-16(12,10-20)14(22)23/h4-7,12H,2-3,8-10H2,1H3,(H,22,23)/t12-,16+/m0/s1. The van der Waals surface area contributed by atoms with Gasteiger partial charge in [0.2, 0.25) is 5.95 Å². The van der Waals surface area contributed by atoms with Crippen molar-refractivity contribution in [3.05, 3.63) is 29.8 Å². The van der Waals surface area contributed by atoms with Crippen LogP contribution in [0.1, 0.15) is 24.8 Å². The Morgan fingerprint density at radius 3 is 2.83 bits per heavy atom. The van der Waals surface area contributed by atoms with E-state index in [9.17, 15) is 9.90 Å². The smallest absolute Gasteiger partial charge is 0.311 e. The molecule has 1 saturated carbocycles. The number of carbonyl (C=O) groups is 1. The van der Waals surface area contributed by atoms with Crippen LogP contribution in [0.3, 0.4) is 0 Å². The lowest BCUT2D eigenvalue weighted by Crippen LogP contribution is -2.36. The van der Waals surface area contributed by atoms with Crippen LogP contribution < -0.4 is 4.90 Å². The molecule has 0 unspecified atom stereocenters. The number of tetrazole rings is 1. The predicted molar refractivity (Wildman–Crippen MR) is 83.5 cm³/mol. The van der Waals surface area contributed by atoms with Gasteiger partial charge in [0.05, 0.1) is 11.1 Å². The van der Waals surface area contributed by atoms with E-state index in [1.54, 1.807) is 4.68 Å². The summed E-state index contributed by atoms with van der Waals surface area (Å²) in [4.78, 5) is 13.9. The van der Waals surface area contributed by atoms with Gasteiger partial charge < -0.3 is 10.0 Å². The van der Waals surface area contributed by atoms with Crippen molar-refractivity contribution in [3.63, 3.8) is 0 Å². The van der Waals surface area contributed by atoms with Crippen molar-refractivity contribution in [1.82, 2.24) is 20.2 Å². The normalized spacial score (nSPS) is 26.5. The van der Waals surface area contributed by atoms with Gasteiger partial charge >= 0.3 is 5.97 Å². The average molecular weight is 313 g/mol. The summed E-state index contributed by atoms with van der Waals surface area (Å²) in [5.41, 5.74) is 1.42. The van der Waals surface area contributed by atoms with E-state index in [-0.39, 0.29) is 5.92 Å². The third kappa shape index (κ3) is 2.10. The molecule has 0 amide bonds. The van der Waals surface area contributed by atoms with E-state index in [4.69, 9.17) is 0 Å². The zero-order chi connectivity index (χ0) is 16.0. The van der Waals surface area contributed by atoms with Crippen molar-refractivity contribution in [2.75, 3.05) is 18.0 Å². The highest BCUT2D eigenvalue weighted by Crippen LogP contribution is 2.49. The number of aryl methyl sites for hydroxylation is 1. The second-order valence-corrected chi connectivity index (χ2v) is 6.66. The molecular formula is C16H19N5O2. The molecule has 0 spiro atoms. The van der Waals surface area contributed by atoms with Crippen LogP contribution in [0.2, 0.25) is 0 Å². The maximum absolute atomic E-state index is 11.8. The number of nitrogens with zero attached hydrogens (tertiary/aromatic N) is 5. The molecule has 0 radical (unpaired) electrons. The minimum atomic E-state index is -0.683. The van der Waals surface area contributed by atoms with Gasteiger partial charge in [0.25, 0.3) is 0 Å². The second-order valence-electron chi connectivity index (χ2n) is 6.66. The van der Waals surface area contributed by atoms with Crippen LogP contribution in [0, 0.1) is 18.3 Å². The largest absolute Gasteiger partial charge is 0.481 e. The molecule has 2 fully saturated rings. The van der Waals surface area contributed by atoms with Crippen molar-refractivity contribution in [3.8, 4) is 5.69 Å². The molecule has 0 bridgehead atoms. The first-order valence-electron chi connectivity index (χ1n) is 7.94. The van der Waals surface area contributed by atoms with Gasteiger partial charge in [0.1, 0.15) is 0 Å². The summed E-state index contributed by atoms with van der Waals surface area (Å²) in [5.74, 6) is 0.129. The predicted octanol–water partition coefficient (Wildman–Crippen LogP) is 1.66. The molecule has 120 valence electrons. The molecule has 1 aromatic carbocycles. The molecule has 2 heterocycles. The van der Waals surface area contributed by atoms with Crippen molar-refractivity contribution in [1.29, 1.82) is 0 Å². The van der Waals surface area contributed by atoms with Gasteiger partial charge in [-0.2, -0.15) is 4.68 Å². The minimum absolute atomic E-state index is 0.183. The second kappa shape index (κ2) is 5.04. The lowest BCUT2D eigenvalue weighted by Gasteiger charge is -2.23. The van der Waals surface area contributed by atoms with Crippen LogP contribution in [0.5, 0.6) is 0 Å². The summed E-state index contributed by atoms with van der Waals surface area (Å²) in [6.45, 7) is 3.22. The third-order valence-electron chi connectivity index (χ3n) is 5.31. The lowest BCUT2D eigenvalue weighted by atomic mass is 9.81. The van der Waals surface area contributed by atoms with E-state index in [0.29, 0.717) is 19.0 Å². The van der Waals surface area contributed by atoms with Gasteiger partial charge in [-0.3, -0.25) is 4.79 Å². The highest BCUT2D eigenvalue weighted by molar-refractivity contribution is 5.77. The Kier molecular flexibility index (Phi) is 3.11. The molecule has 1 N–H and O–H groups in total. The number of anilines is 1. The van der Waals surface area contributed by atoms with Gasteiger partial charge in [-0.25, -0.2) is 0 Å². The van der Waals surface area contributed by atoms with Crippen molar-refractivity contribution in [2.24, 2.45) is 11.3 Å². The van der Waals surface area contributed by atoms with E-state index in [2.05, 4.69) is 15.5 Å². The van der Waals surface area contributed by atoms with E-state index in [1.165, 1.54) is 5.56 Å². The summed E-state index contributed by atoms with van der Waals surface area (Å²) < 4.78 is 1.69. The molecule has 7 nitrogen and oxygen atoms in total. The Morgan fingerprint density at radius 2 is 2.13 bits per heavy atom. The fraction of sp³-hybridized carbons (Fsp3) is 0.500. The Labute approximate surface area is 133 Å². The van der Waals surface area contributed by atoms with Crippen molar-refractivity contribution in [2.45, 2.75) is 26.2 Å². The quantitative estimate of drug-likeness (QED) is 0.928. The molecule has 1 aliphatic heterocycles. The van der Waals surface area contributed by atoms with Crippen LogP contribution in [-0.2, 0) is 4.79 Å². The molecule has 2 aliphatic rings. The number of aromatic nitrogens is 4. The first kappa shape index (κ1) is 14.2. The number of aliphatic carboxylic acids is 1. The number of hydrogen-bond acceptors (Lipinski definition) is 5. The summed E-state index contributed by atoms with van der Waals surface area (Å²) in [6.07, 6.45) is 2.71.